The van der Waals surface area contributed by atoms with Gasteiger partial charge in [0, 0.05) is 29.2 Å². The summed E-state index contributed by atoms with van der Waals surface area (Å²) in [7, 11) is 0. The summed E-state index contributed by atoms with van der Waals surface area (Å²) in [5.41, 5.74) is 0.745. The van der Waals surface area contributed by atoms with Crippen LogP contribution < -0.4 is 10.6 Å². The molecule has 2 fully saturated rings. The number of hydrogen-bond acceptors (Lipinski definition) is 2. The van der Waals surface area contributed by atoms with Crippen molar-refractivity contribution < 1.29 is 14.0 Å². The molecular weight excluding hydrogens is 369 g/mol. The number of carbonyl (C=O) groups excluding carboxylic acids is 2. The van der Waals surface area contributed by atoms with Crippen LogP contribution >= 0.6 is 11.6 Å². The van der Waals surface area contributed by atoms with E-state index >= 15 is 0 Å². The summed E-state index contributed by atoms with van der Waals surface area (Å²) in [5.74, 6) is -0.441. The van der Waals surface area contributed by atoms with Gasteiger partial charge in [-0.25, -0.2) is 9.18 Å². The molecule has 1 aliphatic heterocycles. The minimum atomic E-state index is -0.562. The molecule has 7 heteroatoms. The number of urea groups is 1. The van der Waals surface area contributed by atoms with E-state index in [-0.39, 0.29) is 40.6 Å². The lowest BCUT2D eigenvalue weighted by atomic mass is 10.0. The summed E-state index contributed by atoms with van der Waals surface area (Å²) in [4.78, 5) is 26.6. The number of fused-ring (bicyclic) bond motifs is 2. The molecule has 1 aliphatic carbocycles. The molecule has 4 rings (SSSR count). The van der Waals surface area contributed by atoms with Gasteiger partial charge in [-0.3, -0.25) is 4.79 Å². The number of anilines is 1. The Kier molecular flexibility index (Phi) is 4.74. The second kappa shape index (κ2) is 7.19. The molecule has 140 valence electrons. The third-order valence-electron chi connectivity index (χ3n) is 5.33. The van der Waals surface area contributed by atoms with Gasteiger partial charge in [0.1, 0.15) is 5.82 Å². The maximum Gasteiger partial charge on any atom is 0.322 e. The van der Waals surface area contributed by atoms with Crippen LogP contribution in [0, 0.1) is 11.7 Å². The van der Waals surface area contributed by atoms with Gasteiger partial charge in [0.25, 0.3) is 5.91 Å². The summed E-state index contributed by atoms with van der Waals surface area (Å²) in [6.07, 6.45) is 1.55. The van der Waals surface area contributed by atoms with Crippen molar-refractivity contribution in [3.63, 3.8) is 0 Å². The SMILES string of the molecule is O=C(N[C@H]1C[C@@H]2C[C@H]1CN2C(=O)Nc1ccc(Cl)cc1F)c1ccccc1. The van der Waals surface area contributed by atoms with E-state index in [9.17, 15) is 14.0 Å². The number of nitrogens with zero attached hydrogens (tertiary/aromatic N) is 1. The molecule has 5 nitrogen and oxygen atoms in total. The summed E-state index contributed by atoms with van der Waals surface area (Å²) in [6, 6.07) is 13.0. The first-order chi connectivity index (χ1) is 13.0. The van der Waals surface area contributed by atoms with Crippen LogP contribution in [0.2, 0.25) is 5.02 Å². The van der Waals surface area contributed by atoms with Gasteiger partial charge in [-0.2, -0.15) is 0 Å². The van der Waals surface area contributed by atoms with Crippen LogP contribution in [0.1, 0.15) is 23.2 Å². The van der Waals surface area contributed by atoms with Crippen LogP contribution in [-0.2, 0) is 0 Å². The topological polar surface area (TPSA) is 61.4 Å². The van der Waals surface area contributed by atoms with Crippen LogP contribution in [0.3, 0.4) is 0 Å². The summed E-state index contributed by atoms with van der Waals surface area (Å²) in [5, 5.41) is 5.97. The van der Waals surface area contributed by atoms with Crippen molar-refractivity contribution in [3.05, 3.63) is 64.9 Å². The van der Waals surface area contributed by atoms with E-state index in [0.717, 1.165) is 6.42 Å². The Morgan fingerprint density at radius 2 is 1.89 bits per heavy atom. The van der Waals surface area contributed by atoms with Gasteiger partial charge in [0.05, 0.1) is 5.69 Å². The van der Waals surface area contributed by atoms with Gasteiger partial charge >= 0.3 is 6.03 Å². The third-order valence-corrected chi connectivity index (χ3v) is 5.56. The molecule has 2 aromatic rings. The van der Waals surface area contributed by atoms with Crippen molar-refractivity contribution in [3.8, 4) is 0 Å². The number of hydrogen-bond donors (Lipinski definition) is 2. The first kappa shape index (κ1) is 17.8. The molecule has 2 N–H and O–H groups in total. The van der Waals surface area contributed by atoms with E-state index in [2.05, 4.69) is 10.6 Å². The summed E-state index contributed by atoms with van der Waals surface area (Å²) in [6.45, 7) is 0.547. The Morgan fingerprint density at radius 3 is 2.56 bits per heavy atom. The molecule has 2 aliphatic rings. The first-order valence-electron chi connectivity index (χ1n) is 8.90. The normalized spacial score (nSPS) is 23.3. The molecule has 27 heavy (non-hydrogen) atoms. The second-order valence-electron chi connectivity index (χ2n) is 7.04. The average Bonchev–Trinajstić information content (AvgIpc) is 3.25. The van der Waals surface area contributed by atoms with E-state index in [1.165, 1.54) is 18.2 Å². The minimum Gasteiger partial charge on any atom is -0.349 e. The zero-order valence-electron chi connectivity index (χ0n) is 14.5. The average molecular weight is 388 g/mol. The van der Waals surface area contributed by atoms with Gasteiger partial charge in [0.15, 0.2) is 0 Å². The van der Waals surface area contributed by atoms with Crippen LogP contribution in [0.4, 0.5) is 14.9 Å². The van der Waals surface area contributed by atoms with Crippen LogP contribution in [0.5, 0.6) is 0 Å². The molecule has 0 radical (unpaired) electrons. The fourth-order valence-electron chi connectivity index (χ4n) is 4.00. The fourth-order valence-corrected chi connectivity index (χ4v) is 4.16. The number of halogens is 2. The van der Waals surface area contributed by atoms with Gasteiger partial charge in [0.2, 0.25) is 0 Å². The van der Waals surface area contributed by atoms with E-state index in [0.29, 0.717) is 18.5 Å². The molecule has 0 aromatic heterocycles. The molecule has 0 spiro atoms. The van der Waals surface area contributed by atoms with Crippen LogP contribution in [0.25, 0.3) is 0 Å². The molecule has 1 saturated heterocycles. The lowest BCUT2D eigenvalue weighted by molar-refractivity contribution is 0.0915. The third kappa shape index (κ3) is 3.62. The van der Waals surface area contributed by atoms with Crippen LogP contribution in [-0.4, -0.2) is 35.5 Å². The van der Waals surface area contributed by atoms with Crippen molar-refractivity contribution in [2.24, 2.45) is 5.92 Å². The maximum atomic E-state index is 13.9. The number of amides is 3. The summed E-state index contributed by atoms with van der Waals surface area (Å²) >= 11 is 5.74. The predicted octanol–water partition coefficient (Wildman–Crippen LogP) is 3.90. The Bertz CT molecular complexity index is 877. The van der Waals surface area contributed by atoms with E-state index in [1.807, 2.05) is 18.2 Å². The van der Waals surface area contributed by atoms with Gasteiger partial charge in [-0.05, 0) is 49.1 Å². The quantitative estimate of drug-likeness (QED) is 0.839. The Hall–Kier alpha value is -2.60. The maximum absolute atomic E-state index is 13.9. The minimum absolute atomic E-state index is 0.0476. The highest BCUT2D eigenvalue weighted by molar-refractivity contribution is 6.30. The number of benzene rings is 2. The zero-order chi connectivity index (χ0) is 19.0. The lowest BCUT2D eigenvalue weighted by Gasteiger charge is -2.32. The van der Waals surface area contributed by atoms with Crippen molar-refractivity contribution in [2.75, 3.05) is 11.9 Å². The molecule has 0 unspecified atom stereocenters. The van der Waals surface area contributed by atoms with Gasteiger partial charge in [-0.1, -0.05) is 29.8 Å². The Labute approximate surface area is 161 Å². The molecular formula is C20H19ClFN3O2. The van der Waals surface area contributed by atoms with Crippen molar-refractivity contribution in [2.45, 2.75) is 24.9 Å². The standard InChI is InChI=1S/C20H19ClFN3O2/c21-14-6-7-17(16(22)9-14)24-20(27)25-11-13-8-15(25)10-18(13)23-19(26)12-4-2-1-3-5-12/h1-7,9,13,15,18H,8,10-11H2,(H,23,26)(H,24,27)/t13-,15-,18-/m0/s1. The molecule has 1 saturated carbocycles. The zero-order valence-corrected chi connectivity index (χ0v) is 15.2. The molecule has 1 heterocycles. The number of likely N-dealkylation sites (tertiary alicyclic amines) is 1. The summed E-state index contributed by atoms with van der Waals surface area (Å²) < 4.78 is 13.9. The number of nitrogens with one attached hydrogen (secondary N) is 2. The smallest absolute Gasteiger partial charge is 0.322 e. The van der Waals surface area contributed by atoms with Gasteiger partial charge in [-0.15, -0.1) is 0 Å². The number of carbonyl (C=O) groups is 2. The van der Waals surface area contributed by atoms with Crippen molar-refractivity contribution in [1.82, 2.24) is 10.2 Å². The molecule has 3 amide bonds. The Balaban J connectivity index is 1.35. The fraction of sp³-hybridized carbons (Fsp3) is 0.300. The van der Waals surface area contributed by atoms with Gasteiger partial charge < -0.3 is 15.5 Å². The number of rotatable bonds is 3. The predicted molar refractivity (Wildman–Crippen MR) is 101 cm³/mol. The lowest BCUT2D eigenvalue weighted by Crippen LogP contribution is -2.48. The van der Waals surface area contributed by atoms with Crippen molar-refractivity contribution >= 4 is 29.2 Å². The highest BCUT2D eigenvalue weighted by Gasteiger charge is 2.47. The molecule has 2 aromatic carbocycles. The van der Waals surface area contributed by atoms with Crippen molar-refractivity contribution in [1.29, 1.82) is 0 Å². The second-order valence-corrected chi connectivity index (χ2v) is 7.47. The molecule has 3 atom stereocenters. The first-order valence-corrected chi connectivity index (χ1v) is 9.27. The monoisotopic (exact) mass is 387 g/mol. The van der Waals surface area contributed by atoms with Crippen LogP contribution in [0.15, 0.2) is 48.5 Å². The van der Waals surface area contributed by atoms with E-state index in [4.69, 9.17) is 11.6 Å². The molecule has 2 bridgehead atoms. The van der Waals surface area contributed by atoms with E-state index in [1.54, 1.807) is 17.0 Å². The number of piperidine rings is 1. The Morgan fingerprint density at radius 1 is 1.11 bits per heavy atom. The van der Waals surface area contributed by atoms with E-state index < -0.39 is 5.82 Å². The largest absolute Gasteiger partial charge is 0.349 e. The highest BCUT2D eigenvalue weighted by atomic mass is 35.5. The highest BCUT2D eigenvalue weighted by Crippen LogP contribution is 2.38.